The van der Waals surface area contributed by atoms with Crippen LogP contribution in [0.1, 0.15) is 0 Å². The summed E-state index contributed by atoms with van der Waals surface area (Å²) in [6, 6.07) is 0. The highest BCUT2D eigenvalue weighted by Gasteiger charge is 1.74. The molecule has 0 radical (unpaired) electrons. The van der Waals surface area contributed by atoms with Crippen molar-refractivity contribution in [1.29, 1.82) is 0 Å². The molecule has 1 heterocycles. The predicted molar refractivity (Wildman–Crippen MR) is 31.6 cm³/mol. The van der Waals surface area contributed by atoms with Crippen LogP contribution in [-0.4, -0.2) is 20.2 Å². The molecule has 0 bridgehead atoms. The number of nitrogens with zero attached hydrogens (tertiary/aromatic N) is 2. The van der Waals surface area contributed by atoms with Crippen molar-refractivity contribution in [3.63, 3.8) is 0 Å². The van der Waals surface area contributed by atoms with Crippen molar-refractivity contribution in [2.45, 2.75) is 0 Å². The van der Waals surface area contributed by atoms with Crippen LogP contribution in [-0.2, 0) is 0 Å². The SMILES string of the molecule is [SiH3]c1cnccn1. The Morgan fingerprint density at radius 2 is 2.29 bits per heavy atom. The normalized spacial score (nSPS) is 9.14. The zero-order valence-electron chi connectivity index (χ0n) is 4.13. The van der Waals surface area contributed by atoms with Gasteiger partial charge in [0.05, 0.1) is 10.2 Å². The lowest BCUT2D eigenvalue weighted by Gasteiger charge is -1.81. The van der Waals surface area contributed by atoms with E-state index in [1.165, 1.54) is 0 Å². The maximum Gasteiger partial charge on any atom is 0.0643 e. The van der Waals surface area contributed by atoms with Crippen LogP contribution in [0.2, 0.25) is 0 Å². The smallest absolute Gasteiger partial charge is 0.0643 e. The molecule has 0 saturated carbocycles. The van der Waals surface area contributed by atoms with Gasteiger partial charge in [-0.05, 0) is 0 Å². The fraction of sp³-hybridized carbons (Fsp3) is 0. The van der Waals surface area contributed by atoms with Crippen LogP contribution in [0.4, 0.5) is 0 Å². The number of aromatic nitrogens is 2. The van der Waals surface area contributed by atoms with Crippen LogP contribution in [0.3, 0.4) is 0 Å². The van der Waals surface area contributed by atoms with Crippen LogP contribution < -0.4 is 5.32 Å². The summed E-state index contributed by atoms with van der Waals surface area (Å²) >= 11 is 0. The van der Waals surface area contributed by atoms with E-state index in [9.17, 15) is 0 Å². The zero-order chi connectivity index (χ0) is 5.11. The average Bonchev–Trinajstić information content (AvgIpc) is 1.69. The summed E-state index contributed by atoms with van der Waals surface area (Å²) in [5.41, 5.74) is 0. The van der Waals surface area contributed by atoms with E-state index in [4.69, 9.17) is 0 Å². The fourth-order valence-corrected chi connectivity index (χ4v) is 0.672. The van der Waals surface area contributed by atoms with Crippen molar-refractivity contribution in [2.24, 2.45) is 0 Å². The van der Waals surface area contributed by atoms with Gasteiger partial charge in [-0.1, -0.05) is 0 Å². The molecule has 2 nitrogen and oxygen atoms in total. The standard InChI is InChI=1S/C4H6N2Si/c7-4-3-5-1-2-6-4/h1-3H,7H3. The monoisotopic (exact) mass is 110 g/mol. The summed E-state index contributed by atoms with van der Waals surface area (Å²) in [5.74, 6) is 0. The Hall–Kier alpha value is -0.703. The highest BCUT2D eigenvalue weighted by molar-refractivity contribution is 6.30. The minimum atomic E-state index is 1.00. The molecule has 0 aliphatic heterocycles. The third kappa shape index (κ3) is 1.08. The maximum absolute atomic E-state index is 3.98. The third-order valence-corrected chi connectivity index (χ3v) is 1.21. The molecular formula is C4H6N2Si. The largest absolute Gasteiger partial charge is 0.264 e. The number of hydrogen-bond acceptors (Lipinski definition) is 2. The van der Waals surface area contributed by atoms with Crippen LogP contribution in [0.25, 0.3) is 0 Å². The molecule has 36 valence electrons. The van der Waals surface area contributed by atoms with Gasteiger partial charge in [0.25, 0.3) is 0 Å². The second-order valence-corrected chi connectivity index (χ2v) is 2.37. The lowest BCUT2D eigenvalue weighted by Crippen LogP contribution is -2.06. The van der Waals surface area contributed by atoms with E-state index in [1.807, 2.05) is 0 Å². The van der Waals surface area contributed by atoms with Crippen LogP contribution in [0.15, 0.2) is 18.6 Å². The van der Waals surface area contributed by atoms with Crippen LogP contribution in [0.5, 0.6) is 0 Å². The van der Waals surface area contributed by atoms with Gasteiger partial charge in [-0.25, -0.2) is 0 Å². The minimum Gasteiger partial charge on any atom is -0.264 e. The van der Waals surface area contributed by atoms with Gasteiger partial charge in [-0.3, -0.25) is 9.97 Å². The first-order valence-electron chi connectivity index (χ1n) is 2.12. The molecule has 0 N–H and O–H groups in total. The Labute approximate surface area is 45.0 Å². The van der Waals surface area contributed by atoms with Crippen molar-refractivity contribution in [2.75, 3.05) is 0 Å². The Balaban J connectivity index is 3.02. The molecule has 1 aromatic rings. The molecule has 0 atom stereocenters. The van der Waals surface area contributed by atoms with Gasteiger partial charge >= 0.3 is 0 Å². The van der Waals surface area contributed by atoms with E-state index in [-0.39, 0.29) is 0 Å². The number of rotatable bonds is 0. The summed E-state index contributed by atoms with van der Waals surface area (Å²) in [4.78, 5) is 7.83. The van der Waals surface area contributed by atoms with Crippen LogP contribution >= 0.6 is 0 Å². The first-order valence-corrected chi connectivity index (χ1v) is 3.12. The number of hydrogen-bond donors (Lipinski definition) is 0. The second-order valence-electron chi connectivity index (χ2n) is 1.35. The molecule has 0 aromatic carbocycles. The highest BCUT2D eigenvalue weighted by Crippen LogP contribution is 1.62. The fourth-order valence-electron chi connectivity index (χ4n) is 0.374. The van der Waals surface area contributed by atoms with E-state index < -0.39 is 0 Å². The van der Waals surface area contributed by atoms with Crippen molar-refractivity contribution in [3.8, 4) is 0 Å². The van der Waals surface area contributed by atoms with E-state index in [0.717, 1.165) is 15.6 Å². The first kappa shape index (κ1) is 4.46. The molecule has 0 aliphatic rings. The third-order valence-electron chi connectivity index (χ3n) is 0.692. The molecular weight excluding hydrogens is 104 g/mol. The molecule has 0 saturated heterocycles. The Bertz CT molecular complexity index is 140. The zero-order valence-corrected chi connectivity index (χ0v) is 6.13. The second kappa shape index (κ2) is 1.84. The Morgan fingerprint density at radius 1 is 1.43 bits per heavy atom. The van der Waals surface area contributed by atoms with Crippen LogP contribution in [0, 0.1) is 0 Å². The lowest BCUT2D eigenvalue weighted by molar-refractivity contribution is 1.24. The average molecular weight is 110 g/mol. The molecule has 1 rings (SSSR count). The highest BCUT2D eigenvalue weighted by atomic mass is 28.1. The van der Waals surface area contributed by atoms with Gasteiger partial charge in [0.15, 0.2) is 0 Å². The molecule has 0 aliphatic carbocycles. The molecule has 0 spiro atoms. The van der Waals surface area contributed by atoms with Gasteiger partial charge in [0, 0.05) is 23.9 Å². The molecule has 1 aromatic heterocycles. The van der Waals surface area contributed by atoms with Gasteiger partial charge in [-0.15, -0.1) is 0 Å². The topological polar surface area (TPSA) is 25.8 Å². The van der Waals surface area contributed by atoms with Crippen molar-refractivity contribution < 1.29 is 0 Å². The summed E-state index contributed by atoms with van der Waals surface area (Å²) < 4.78 is 0. The van der Waals surface area contributed by atoms with E-state index >= 15 is 0 Å². The molecule has 0 amide bonds. The first-order chi connectivity index (χ1) is 3.39. The molecule has 0 unspecified atom stereocenters. The Kier molecular flexibility index (Phi) is 1.17. The van der Waals surface area contributed by atoms with Gasteiger partial charge in [-0.2, -0.15) is 0 Å². The van der Waals surface area contributed by atoms with Crippen molar-refractivity contribution in [1.82, 2.24) is 9.97 Å². The summed E-state index contributed by atoms with van der Waals surface area (Å²) in [5, 5.41) is 1.10. The molecule has 7 heavy (non-hydrogen) atoms. The van der Waals surface area contributed by atoms with E-state index in [1.54, 1.807) is 18.6 Å². The maximum atomic E-state index is 3.98. The summed E-state index contributed by atoms with van der Waals surface area (Å²) in [6.45, 7) is 0. The van der Waals surface area contributed by atoms with Gasteiger partial charge in [0.2, 0.25) is 0 Å². The lowest BCUT2D eigenvalue weighted by atomic mass is 10.8. The minimum absolute atomic E-state index is 1.00. The Morgan fingerprint density at radius 3 is 2.57 bits per heavy atom. The quantitative estimate of drug-likeness (QED) is 0.379. The van der Waals surface area contributed by atoms with E-state index in [2.05, 4.69) is 9.97 Å². The summed E-state index contributed by atoms with van der Waals surface area (Å²) in [7, 11) is 1.00. The summed E-state index contributed by atoms with van der Waals surface area (Å²) in [6.07, 6.45) is 5.18. The van der Waals surface area contributed by atoms with Crippen molar-refractivity contribution >= 4 is 15.6 Å². The van der Waals surface area contributed by atoms with Crippen molar-refractivity contribution in [3.05, 3.63) is 18.6 Å². The van der Waals surface area contributed by atoms with E-state index in [0.29, 0.717) is 0 Å². The van der Waals surface area contributed by atoms with Gasteiger partial charge in [0.1, 0.15) is 0 Å². The molecule has 3 heteroatoms. The predicted octanol–water partition coefficient (Wildman–Crippen LogP) is -1.53. The van der Waals surface area contributed by atoms with Gasteiger partial charge < -0.3 is 0 Å². The molecule has 0 fully saturated rings.